The highest BCUT2D eigenvalue weighted by molar-refractivity contribution is 5.57. The second-order valence-electron chi connectivity index (χ2n) is 1.82. The van der Waals surface area contributed by atoms with Crippen molar-refractivity contribution in [3.05, 3.63) is 34.4 Å². The van der Waals surface area contributed by atoms with E-state index in [4.69, 9.17) is 5.73 Å². The smallest absolute Gasteiger partial charge is 0.292 e. The Morgan fingerprint density at radius 1 is 1.36 bits per heavy atom. The maximum Gasteiger partial charge on any atom is 0.292 e. The summed E-state index contributed by atoms with van der Waals surface area (Å²) in [5.41, 5.74) is 5.44. The van der Waals surface area contributed by atoms with E-state index in [1.165, 1.54) is 12.1 Å². The molecule has 0 saturated carbocycles. The molecule has 1 aromatic rings. The fraction of sp³-hybridized carbons (Fsp3) is 0. The van der Waals surface area contributed by atoms with Gasteiger partial charge in [0.2, 0.25) is 0 Å². The summed E-state index contributed by atoms with van der Waals surface area (Å²) in [5, 5.41) is 10.1. The SMILES string of the molecule is N.Nc1ccccc1[N+](=O)[O-]. The topological polar surface area (TPSA) is 104 Å². The van der Waals surface area contributed by atoms with Gasteiger partial charge in [-0.05, 0) is 6.07 Å². The Morgan fingerprint density at radius 3 is 2.27 bits per heavy atom. The summed E-state index contributed by atoms with van der Waals surface area (Å²) in [7, 11) is 0. The molecule has 0 atom stereocenters. The summed E-state index contributed by atoms with van der Waals surface area (Å²) < 4.78 is 0. The van der Waals surface area contributed by atoms with Gasteiger partial charge in [-0.1, -0.05) is 12.1 Å². The quantitative estimate of drug-likeness (QED) is 0.362. The van der Waals surface area contributed by atoms with Gasteiger partial charge < -0.3 is 11.9 Å². The molecule has 0 aliphatic heterocycles. The molecule has 11 heavy (non-hydrogen) atoms. The molecule has 0 aliphatic rings. The van der Waals surface area contributed by atoms with Crippen molar-refractivity contribution in [2.75, 3.05) is 5.73 Å². The van der Waals surface area contributed by atoms with Crippen LogP contribution in [0.4, 0.5) is 11.4 Å². The van der Waals surface area contributed by atoms with Crippen LogP contribution in [0.5, 0.6) is 0 Å². The highest BCUT2D eigenvalue weighted by Gasteiger charge is 2.07. The molecular formula is C6H9N3O2. The summed E-state index contributed by atoms with van der Waals surface area (Å²) in [6, 6.07) is 6.10. The third-order valence-corrected chi connectivity index (χ3v) is 1.13. The van der Waals surface area contributed by atoms with Crippen LogP contribution < -0.4 is 11.9 Å². The fourth-order valence-electron chi connectivity index (χ4n) is 0.654. The first-order valence-electron chi connectivity index (χ1n) is 2.70. The van der Waals surface area contributed by atoms with Crippen molar-refractivity contribution >= 4 is 11.4 Å². The van der Waals surface area contributed by atoms with E-state index in [1.54, 1.807) is 12.1 Å². The predicted octanol–water partition coefficient (Wildman–Crippen LogP) is 1.34. The van der Waals surface area contributed by atoms with Gasteiger partial charge in [0.05, 0.1) is 4.92 Å². The minimum atomic E-state index is -0.505. The first-order chi connectivity index (χ1) is 4.72. The van der Waals surface area contributed by atoms with E-state index in [2.05, 4.69) is 0 Å². The molecule has 0 amide bonds. The largest absolute Gasteiger partial charge is 0.393 e. The average molecular weight is 155 g/mol. The van der Waals surface area contributed by atoms with Crippen molar-refractivity contribution < 1.29 is 4.92 Å². The Balaban J connectivity index is 0.000001000. The normalized spacial score (nSPS) is 8.36. The van der Waals surface area contributed by atoms with Crippen molar-refractivity contribution in [1.29, 1.82) is 0 Å². The Bertz CT molecular complexity index is 262. The van der Waals surface area contributed by atoms with E-state index in [0.29, 0.717) is 0 Å². The van der Waals surface area contributed by atoms with E-state index in [9.17, 15) is 10.1 Å². The zero-order valence-electron chi connectivity index (χ0n) is 5.86. The molecular weight excluding hydrogens is 146 g/mol. The molecule has 0 unspecified atom stereocenters. The van der Waals surface area contributed by atoms with Crippen LogP contribution in [0, 0.1) is 10.1 Å². The Labute approximate surface area is 63.6 Å². The van der Waals surface area contributed by atoms with Crippen molar-refractivity contribution in [3.63, 3.8) is 0 Å². The molecule has 0 radical (unpaired) electrons. The highest BCUT2D eigenvalue weighted by atomic mass is 16.6. The zero-order chi connectivity index (χ0) is 7.56. The van der Waals surface area contributed by atoms with Gasteiger partial charge >= 0.3 is 0 Å². The van der Waals surface area contributed by atoms with Gasteiger partial charge in [-0.2, -0.15) is 0 Å². The van der Waals surface area contributed by atoms with Crippen molar-refractivity contribution in [2.45, 2.75) is 0 Å². The standard InChI is InChI=1S/C6H6N2O2.H3N/c7-5-3-1-2-4-6(5)8(9)10;/h1-4H,7H2;1H3. The number of nitrogen functional groups attached to an aromatic ring is 1. The number of nitro groups is 1. The van der Waals surface area contributed by atoms with Crippen molar-refractivity contribution in [2.24, 2.45) is 0 Å². The van der Waals surface area contributed by atoms with Gasteiger partial charge in [-0.25, -0.2) is 0 Å². The summed E-state index contributed by atoms with van der Waals surface area (Å²) in [4.78, 5) is 9.64. The van der Waals surface area contributed by atoms with Gasteiger partial charge in [0.1, 0.15) is 5.69 Å². The van der Waals surface area contributed by atoms with Gasteiger partial charge in [0.25, 0.3) is 5.69 Å². The molecule has 1 aromatic carbocycles. The number of hydrogen-bond donors (Lipinski definition) is 2. The molecule has 0 aliphatic carbocycles. The Hall–Kier alpha value is -1.62. The zero-order valence-corrected chi connectivity index (χ0v) is 5.86. The second kappa shape index (κ2) is 3.52. The number of nitro benzene ring substituents is 1. The Kier molecular flexibility index (Phi) is 3.01. The maximum absolute atomic E-state index is 10.1. The third kappa shape index (κ3) is 1.91. The number of para-hydroxylation sites is 2. The van der Waals surface area contributed by atoms with Crippen LogP contribution >= 0.6 is 0 Å². The summed E-state index contributed by atoms with van der Waals surface area (Å²) >= 11 is 0. The minimum Gasteiger partial charge on any atom is -0.393 e. The lowest BCUT2D eigenvalue weighted by atomic mass is 10.3. The van der Waals surface area contributed by atoms with Crippen LogP contribution in [0.15, 0.2) is 24.3 Å². The summed E-state index contributed by atoms with van der Waals surface area (Å²) in [5.74, 6) is 0. The van der Waals surface area contributed by atoms with E-state index < -0.39 is 4.92 Å². The second-order valence-corrected chi connectivity index (χ2v) is 1.82. The van der Waals surface area contributed by atoms with E-state index in [0.717, 1.165) is 0 Å². The molecule has 0 fully saturated rings. The monoisotopic (exact) mass is 155 g/mol. The fourth-order valence-corrected chi connectivity index (χ4v) is 0.654. The number of anilines is 1. The van der Waals surface area contributed by atoms with Crippen molar-refractivity contribution in [1.82, 2.24) is 6.15 Å². The van der Waals surface area contributed by atoms with Crippen LogP contribution in [0.3, 0.4) is 0 Å². The maximum atomic E-state index is 10.1. The number of rotatable bonds is 1. The molecule has 0 bridgehead atoms. The molecule has 5 N–H and O–H groups in total. The van der Waals surface area contributed by atoms with Crippen LogP contribution in [0.2, 0.25) is 0 Å². The summed E-state index contributed by atoms with van der Waals surface area (Å²) in [6.45, 7) is 0. The first kappa shape index (κ1) is 9.38. The van der Waals surface area contributed by atoms with Crippen molar-refractivity contribution in [3.8, 4) is 0 Å². The average Bonchev–Trinajstić information content (AvgIpc) is 1.88. The van der Waals surface area contributed by atoms with Crippen LogP contribution in [0.25, 0.3) is 0 Å². The predicted molar refractivity (Wildman–Crippen MR) is 42.5 cm³/mol. The number of hydrogen-bond acceptors (Lipinski definition) is 4. The minimum absolute atomic E-state index is 0. The van der Waals surface area contributed by atoms with E-state index in [1.807, 2.05) is 0 Å². The first-order valence-corrected chi connectivity index (χ1v) is 2.70. The van der Waals surface area contributed by atoms with Crippen LogP contribution in [-0.2, 0) is 0 Å². The van der Waals surface area contributed by atoms with E-state index >= 15 is 0 Å². The lowest BCUT2D eigenvalue weighted by Crippen LogP contribution is -1.93. The summed E-state index contributed by atoms with van der Waals surface area (Å²) in [6.07, 6.45) is 0. The number of benzene rings is 1. The molecule has 0 spiro atoms. The van der Waals surface area contributed by atoms with Gasteiger partial charge in [0, 0.05) is 6.07 Å². The van der Waals surface area contributed by atoms with Gasteiger partial charge in [0.15, 0.2) is 0 Å². The number of nitrogens with zero attached hydrogens (tertiary/aromatic N) is 1. The van der Waals surface area contributed by atoms with Crippen LogP contribution in [-0.4, -0.2) is 4.92 Å². The van der Waals surface area contributed by atoms with Gasteiger partial charge in [-0.15, -0.1) is 0 Å². The molecule has 1 rings (SSSR count). The molecule has 5 nitrogen and oxygen atoms in total. The van der Waals surface area contributed by atoms with E-state index in [-0.39, 0.29) is 17.5 Å². The van der Waals surface area contributed by atoms with Gasteiger partial charge in [-0.3, -0.25) is 10.1 Å². The highest BCUT2D eigenvalue weighted by Crippen LogP contribution is 2.18. The molecule has 60 valence electrons. The molecule has 0 saturated heterocycles. The third-order valence-electron chi connectivity index (χ3n) is 1.13. The molecule has 5 heteroatoms. The molecule has 0 aromatic heterocycles. The lowest BCUT2D eigenvalue weighted by molar-refractivity contribution is -0.383. The Morgan fingerprint density at radius 2 is 1.91 bits per heavy atom. The molecule has 0 heterocycles. The van der Waals surface area contributed by atoms with Crippen LogP contribution in [0.1, 0.15) is 0 Å². The number of nitrogens with two attached hydrogens (primary N) is 1. The lowest BCUT2D eigenvalue weighted by Gasteiger charge is -1.92.